The van der Waals surface area contributed by atoms with Gasteiger partial charge in [0.05, 0.1) is 4.90 Å². The summed E-state index contributed by atoms with van der Waals surface area (Å²) < 4.78 is 26.9. The van der Waals surface area contributed by atoms with Crippen LogP contribution in [0.4, 0.5) is 0 Å². The Bertz CT molecular complexity index is 607. The minimum Gasteiger partial charge on any atom is -0.317 e. The van der Waals surface area contributed by atoms with Crippen molar-refractivity contribution >= 4 is 21.6 Å². The molecule has 23 heavy (non-hydrogen) atoms. The molecule has 2 fully saturated rings. The van der Waals surface area contributed by atoms with E-state index < -0.39 is 10.0 Å². The maximum absolute atomic E-state index is 12.7. The molecule has 0 bridgehead atoms. The summed E-state index contributed by atoms with van der Waals surface area (Å²) in [5.41, 5.74) is 0. The largest absolute Gasteiger partial charge is 0.317 e. The minimum absolute atomic E-state index is 0.328. The van der Waals surface area contributed by atoms with Crippen LogP contribution in [0.2, 0.25) is 5.02 Å². The van der Waals surface area contributed by atoms with E-state index in [2.05, 4.69) is 10.2 Å². The standard InChI is InChI=1S/C16H24ClN3O2S/c17-15-1-3-16(4-2-15)23(21,22)20-11-9-19(10-12-20)13-14-5-7-18-8-6-14/h1-4,14,18H,5-13H2. The number of hydrogen-bond acceptors (Lipinski definition) is 4. The zero-order chi connectivity index (χ0) is 16.3. The SMILES string of the molecule is O=S(=O)(c1ccc(Cl)cc1)N1CCN(CC2CCNCC2)CC1. The summed E-state index contributed by atoms with van der Waals surface area (Å²) in [6.07, 6.45) is 2.45. The van der Waals surface area contributed by atoms with E-state index in [1.165, 1.54) is 12.8 Å². The van der Waals surface area contributed by atoms with Gasteiger partial charge in [-0.2, -0.15) is 4.31 Å². The molecule has 3 rings (SSSR count). The Balaban J connectivity index is 1.56. The summed E-state index contributed by atoms with van der Waals surface area (Å²) in [6, 6.07) is 6.42. The molecular weight excluding hydrogens is 334 g/mol. The fourth-order valence-corrected chi connectivity index (χ4v) is 4.89. The van der Waals surface area contributed by atoms with E-state index in [1.807, 2.05) is 0 Å². The summed E-state index contributed by atoms with van der Waals surface area (Å²) in [4.78, 5) is 2.73. The molecule has 0 atom stereocenters. The van der Waals surface area contributed by atoms with E-state index in [1.54, 1.807) is 28.6 Å². The van der Waals surface area contributed by atoms with Crippen molar-refractivity contribution in [1.82, 2.24) is 14.5 Å². The molecule has 1 aromatic rings. The van der Waals surface area contributed by atoms with Gasteiger partial charge < -0.3 is 10.2 Å². The van der Waals surface area contributed by atoms with Crippen LogP contribution >= 0.6 is 11.6 Å². The van der Waals surface area contributed by atoms with Crippen LogP contribution in [0.15, 0.2) is 29.2 Å². The van der Waals surface area contributed by atoms with E-state index >= 15 is 0 Å². The number of sulfonamides is 1. The van der Waals surface area contributed by atoms with Crippen molar-refractivity contribution in [2.45, 2.75) is 17.7 Å². The van der Waals surface area contributed by atoms with Gasteiger partial charge in [0.15, 0.2) is 0 Å². The molecule has 2 saturated heterocycles. The van der Waals surface area contributed by atoms with E-state index in [-0.39, 0.29) is 0 Å². The molecule has 0 aromatic heterocycles. The van der Waals surface area contributed by atoms with Crippen LogP contribution in [0.5, 0.6) is 0 Å². The molecule has 2 aliphatic heterocycles. The maximum atomic E-state index is 12.7. The average Bonchev–Trinajstić information content (AvgIpc) is 2.57. The zero-order valence-corrected chi connectivity index (χ0v) is 14.8. The van der Waals surface area contributed by atoms with Crippen molar-refractivity contribution in [2.24, 2.45) is 5.92 Å². The van der Waals surface area contributed by atoms with E-state index in [0.717, 1.165) is 38.6 Å². The number of nitrogens with one attached hydrogen (secondary N) is 1. The van der Waals surface area contributed by atoms with Gasteiger partial charge in [0.2, 0.25) is 10.0 Å². The second-order valence-corrected chi connectivity index (χ2v) is 8.73. The highest BCUT2D eigenvalue weighted by atomic mass is 35.5. The van der Waals surface area contributed by atoms with Crippen LogP contribution in [-0.2, 0) is 10.0 Å². The van der Waals surface area contributed by atoms with Crippen molar-refractivity contribution in [2.75, 3.05) is 45.8 Å². The lowest BCUT2D eigenvalue weighted by Crippen LogP contribution is -2.50. The minimum atomic E-state index is -3.40. The van der Waals surface area contributed by atoms with Crippen LogP contribution in [0.3, 0.4) is 0 Å². The smallest absolute Gasteiger partial charge is 0.243 e. The zero-order valence-electron chi connectivity index (χ0n) is 13.2. The first kappa shape index (κ1) is 17.2. The molecular formula is C16H24ClN3O2S. The Morgan fingerprint density at radius 1 is 1.04 bits per heavy atom. The molecule has 0 aliphatic carbocycles. The summed E-state index contributed by atoms with van der Waals surface area (Å²) in [5.74, 6) is 0.746. The summed E-state index contributed by atoms with van der Waals surface area (Å²) >= 11 is 5.84. The summed E-state index contributed by atoms with van der Waals surface area (Å²) in [7, 11) is -3.40. The molecule has 0 spiro atoms. The molecule has 5 nitrogen and oxygen atoms in total. The Kier molecular flexibility index (Phi) is 5.59. The molecule has 1 N–H and O–H groups in total. The van der Waals surface area contributed by atoms with Gasteiger partial charge in [0, 0.05) is 37.7 Å². The van der Waals surface area contributed by atoms with Gasteiger partial charge in [-0.3, -0.25) is 0 Å². The van der Waals surface area contributed by atoms with Crippen LogP contribution in [-0.4, -0.2) is 63.4 Å². The van der Waals surface area contributed by atoms with Gasteiger partial charge in [-0.25, -0.2) is 8.42 Å². The third-order valence-corrected chi connectivity index (χ3v) is 6.92. The van der Waals surface area contributed by atoms with Gasteiger partial charge in [0.1, 0.15) is 0 Å². The second kappa shape index (κ2) is 7.49. The van der Waals surface area contributed by atoms with E-state index in [9.17, 15) is 8.42 Å². The summed E-state index contributed by atoms with van der Waals surface area (Å²) in [5, 5.41) is 3.94. The van der Waals surface area contributed by atoms with Crippen LogP contribution in [0, 0.1) is 5.92 Å². The van der Waals surface area contributed by atoms with E-state index in [0.29, 0.717) is 23.0 Å². The highest BCUT2D eigenvalue weighted by Crippen LogP contribution is 2.21. The number of halogens is 1. The Hall–Kier alpha value is -0.660. The first-order valence-corrected chi connectivity index (χ1v) is 10.1. The van der Waals surface area contributed by atoms with Gasteiger partial charge in [-0.15, -0.1) is 0 Å². The molecule has 7 heteroatoms. The van der Waals surface area contributed by atoms with Crippen molar-refractivity contribution < 1.29 is 8.42 Å². The first-order valence-electron chi connectivity index (χ1n) is 8.24. The molecule has 0 radical (unpaired) electrons. The summed E-state index contributed by atoms with van der Waals surface area (Å²) in [6.45, 7) is 6.07. The lowest BCUT2D eigenvalue weighted by Gasteiger charge is -2.36. The lowest BCUT2D eigenvalue weighted by atomic mass is 9.97. The predicted octanol–water partition coefficient (Wildman–Crippen LogP) is 1.65. The highest BCUT2D eigenvalue weighted by molar-refractivity contribution is 7.89. The third-order valence-electron chi connectivity index (χ3n) is 4.76. The molecule has 0 unspecified atom stereocenters. The van der Waals surface area contributed by atoms with Gasteiger partial charge in [0.25, 0.3) is 0 Å². The number of piperazine rings is 1. The fourth-order valence-electron chi connectivity index (χ4n) is 3.34. The van der Waals surface area contributed by atoms with Crippen LogP contribution < -0.4 is 5.32 Å². The van der Waals surface area contributed by atoms with Crippen molar-refractivity contribution in [3.63, 3.8) is 0 Å². The van der Waals surface area contributed by atoms with Crippen molar-refractivity contribution in [3.8, 4) is 0 Å². The monoisotopic (exact) mass is 357 g/mol. The number of rotatable bonds is 4. The highest BCUT2D eigenvalue weighted by Gasteiger charge is 2.29. The molecule has 1 aromatic carbocycles. The third kappa shape index (κ3) is 4.25. The Morgan fingerprint density at radius 3 is 2.26 bits per heavy atom. The van der Waals surface area contributed by atoms with Crippen LogP contribution in [0.1, 0.15) is 12.8 Å². The molecule has 2 aliphatic rings. The topological polar surface area (TPSA) is 52.7 Å². The quantitative estimate of drug-likeness (QED) is 0.890. The molecule has 0 saturated carbocycles. The molecule has 128 valence electrons. The Morgan fingerprint density at radius 2 is 1.65 bits per heavy atom. The molecule has 0 amide bonds. The normalized spacial score (nSPS) is 22.3. The van der Waals surface area contributed by atoms with Crippen LogP contribution in [0.25, 0.3) is 0 Å². The lowest BCUT2D eigenvalue weighted by molar-refractivity contribution is 0.152. The van der Waals surface area contributed by atoms with E-state index in [4.69, 9.17) is 11.6 Å². The molecule has 2 heterocycles. The average molecular weight is 358 g/mol. The first-order chi connectivity index (χ1) is 11.1. The number of nitrogens with zero attached hydrogens (tertiary/aromatic N) is 2. The number of hydrogen-bond donors (Lipinski definition) is 1. The number of benzene rings is 1. The van der Waals surface area contributed by atoms with Crippen molar-refractivity contribution in [1.29, 1.82) is 0 Å². The second-order valence-electron chi connectivity index (χ2n) is 6.35. The number of piperidine rings is 1. The Labute approximate surface area is 143 Å². The maximum Gasteiger partial charge on any atom is 0.243 e. The van der Waals surface area contributed by atoms with Crippen molar-refractivity contribution in [3.05, 3.63) is 29.3 Å². The van der Waals surface area contributed by atoms with Gasteiger partial charge >= 0.3 is 0 Å². The van der Waals surface area contributed by atoms with Gasteiger partial charge in [-0.1, -0.05) is 11.6 Å². The predicted molar refractivity (Wildman–Crippen MR) is 92.2 cm³/mol. The fraction of sp³-hybridized carbons (Fsp3) is 0.625. The van der Waals surface area contributed by atoms with Gasteiger partial charge in [-0.05, 0) is 56.1 Å².